The largest absolute Gasteiger partial charge is 0.382 e. The molecule has 7 nitrogen and oxygen atoms in total. The maximum Gasteiger partial charge on any atom is 0.244 e. The van der Waals surface area contributed by atoms with Gasteiger partial charge in [0.2, 0.25) is 11.8 Å². The van der Waals surface area contributed by atoms with Gasteiger partial charge in [-0.2, -0.15) is 5.10 Å². The molecule has 0 aliphatic carbocycles. The highest BCUT2D eigenvalue weighted by molar-refractivity contribution is 5.77. The SMILES string of the molecule is CCC(=O)NC1CCN(C(=O)Cn2ccc(N)n2)CC1. The predicted octanol–water partition coefficient (Wildman–Crippen LogP) is -0.0175. The lowest BCUT2D eigenvalue weighted by molar-refractivity contribution is -0.133. The summed E-state index contributed by atoms with van der Waals surface area (Å²) >= 11 is 0. The van der Waals surface area contributed by atoms with Crippen LogP contribution in [0, 0.1) is 0 Å². The molecule has 0 spiro atoms. The van der Waals surface area contributed by atoms with E-state index in [2.05, 4.69) is 10.4 Å². The van der Waals surface area contributed by atoms with Crippen LogP contribution in [0.1, 0.15) is 26.2 Å². The number of amides is 2. The van der Waals surface area contributed by atoms with Crippen molar-refractivity contribution in [2.75, 3.05) is 18.8 Å². The second-order valence-corrected chi connectivity index (χ2v) is 5.01. The molecule has 3 N–H and O–H groups in total. The molecule has 1 aromatic rings. The van der Waals surface area contributed by atoms with Gasteiger partial charge < -0.3 is 16.0 Å². The van der Waals surface area contributed by atoms with Crippen molar-refractivity contribution < 1.29 is 9.59 Å². The van der Waals surface area contributed by atoms with E-state index in [9.17, 15) is 9.59 Å². The number of nitrogens with zero attached hydrogens (tertiary/aromatic N) is 3. The Balaban J connectivity index is 1.78. The van der Waals surface area contributed by atoms with Crippen LogP contribution in [-0.2, 0) is 16.1 Å². The van der Waals surface area contributed by atoms with E-state index in [1.165, 1.54) is 0 Å². The van der Waals surface area contributed by atoms with E-state index in [1.54, 1.807) is 16.9 Å². The summed E-state index contributed by atoms with van der Waals surface area (Å²) in [5.41, 5.74) is 5.51. The van der Waals surface area contributed by atoms with Crippen molar-refractivity contribution in [1.29, 1.82) is 0 Å². The Morgan fingerprint density at radius 3 is 2.70 bits per heavy atom. The number of carbonyl (C=O) groups is 2. The van der Waals surface area contributed by atoms with Crippen LogP contribution < -0.4 is 11.1 Å². The summed E-state index contributed by atoms with van der Waals surface area (Å²) < 4.78 is 1.54. The van der Waals surface area contributed by atoms with E-state index < -0.39 is 0 Å². The highest BCUT2D eigenvalue weighted by Crippen LogP contribution is 2.11. The fraction of sp³-hybridized carbons (Fsp3) is 0.615. The van der Waals surface area contributed by atoms with E-state index in [4.69, 9.17) is 5.73 Å². The van der Waals surface area contributed by atoms with Crippen molar-refractivity contribution in [3.63, 3.8) is 0 Å². The van der Waals surface area contributed by atoms with Gasteiger partial charge in [0.1, 0.15) is 12.4 Å². The summed E-state index contributed by atoms with van der Waals surface area (Å²) in [7, 11) is 0. The number of carbonyl (C=O) groups excluding carboxylic acids is 2. The molecule has 0 bridgehead atoms. The second-order valence-electron chi connectivity index (χ2n) is 5.01. The van der Waals surface area contributed by atoms with Gasteiger partial charge in [-0.25, -0.2) is 0 Å². The molecule has 110 valence electrons. The van der Waals surface area contributed by atoms with Crippen LogP contribution in [0.2, 0.25) is 0 Å². The van der Waals surface area contributed by atoms with Crippen molar-refractivity contribution >= 4 is 17.6 Å². The van der Waals surface area contributed by atoms with Crippen LogP contribution in [-0.4, -0.2) is 45.6 Å². The quantitative estimate of drug-likeness (QED) is 0.810. The Labute approximate surface area is 118 Å². The monoisotopic (exact) mass is 279 g/mol. The van der Waals surface area contributed by atoms with Crippen LogP contribution in [0.3, 0.4) is 0 Å². The molecule has 2 rings (SSSR count). The van der Waals surface area contributed by atoms with Gasteiger partial charge in [-0.15, -0.1) is 0 Å². The summed E-state index contributed by atoms with van der Waals surface area (Å²) in [4.78, 5) is 25.2. The molecule has 1 aliphatic rings. The normalized spacial score (nSPS) is 16.1. The minimum atomic E-state index is 0.0355. The number of likely N-dealkylation sites (tertiary alicyclic amines) is 1. The van der Waals surface area contributed by atoms with Gasteiger partial charge >= 0.3 is 0 Å². The van der Waals surface area contributed by atoms with Crippen molar-refractivity contribution in [1.82, 2.24) is 20.0 Å². The average Bonchev–Trinajstić information content (AvgIpc) is 2.84. The molecular weight excluding hydrogens is 258 g/mol. The van der Waals surface area contributed by atoms with Gasteiger partial charge in [-0.05, 0) is 18.9 Å². The summed E-state index contributed by atoms with van der Waals surface area (Å²) in [6, 6.07) is 1.85. The third kappa shape index (κ3) is 3.72. The Hall–Kier alpha value is -2.05. The van der Waals surface area contributed by atoms with Crippen molar-refractivity contribution in [2.24, 2.45) is 0 Å². The zero-order chi connectivity index (χ0) is 14.5. The number of nitrogens with two attached hydrogens (primary N) is 1. The fourth-order valence-electron chi connectivity index (χ4n) is 2.31. The first-order chi connectivity index (χ1) is 9.58. The first-order valence-corrected chi connectivity index (χ1v) is 6.94. The van der Waals surface area contributed by atoms with Crippen molar-refractivity contribution in [2.45, 2.75) is 38.8 Å². The number of hydrogen-bond donors (Lipinski definition) is 2. The fourth-order valence-corrected chi connectivity index (χ4v) is 2.31. The zero-order valence-electron chi connectivity index (χ0n) is 11.7. The highest BCUT2D eigenvalue weighted by atomic mass is 16.2. The number of nitrogens with one attached hydrogen (secondary N) is 1. The molecule has 1 aliphatic heterocycles. The molecule has 0 saturated carbocycles. The molecule has 0 unspecified atom stereocenters. The Bertz CT molecular complexity index is 477. The van der Waals surface area contributed by atoms with E-state index in [1.807, 2.05) is 11.8 Å². The topological polar surface area (TPSA) is 93.2 Å². The predicted molar refractivity (Wildman–Crippen MR) is 74.7 cm³/mol. The molecule has 0 atom stereocenters. The summed E-state index contributed by atoms with van der Waals surface area (Å²) in [6.07, 6.45) is 3.80. The third-order valence-corrected chi connectivity index (χ3v) is 3.49. The van der Waals surface area contributed by atoms with Crippen LogP contribution in [0.5, 0.6) is 0 Å². The molecule has 2 heterocycles. The summed E-state index contributed by atoms with van der Waals surface area (Å²) in [5, 5.41) is 6.97. The molecular formula is C13H21N5O2. The zero-order valence-corrected chi connectivity index (χ0v) is 11.7. The highest BCUT2D eigenvalue weighted by Gasteiger charge is 2.23. The lowest BCUT2D eigenvalue weighted by Gasteiger charge is -2.32. The number of nitrogen functional groups attached to an aromatic ring is 1. The number of aromatic nitrogens is 2. The molecule has 1 aromatic heterocycles. The minimum absolute atomic E-state index is 0.0355. The number of piperidine rings is 1. The maximum absolute atomic E-state index is 12.1. The first kappa shape index (κ1) is 14.4. The summed E-state index contributed by atoms with van der Waals surface area (Å²) in [6.45, 7) is 3.39. The van der Waals surface area contributed by atoms with Crippen LogP contribution in [0.4, 0.5) is 5.82 Å². The van der Waals surface area contributed by atoms with Crippen molar-refractivity contribution in [3.05, 3.63) is 12.3 Å². The van der Waals surface area contributed by atoms with Gasteiger partial charge in [0.15, 0.2) is 0 Å². The number of rotatable bonds is 4. The molecule has 1 fully saturated rings. The number of anilines is 1. The molecule has 2 amide bonds. The smallest absolute Gasteiger partial charge is 0.244 e. The van der Waals surface area contributed by atoms with E-state index in [-0.39, 0.29) is 24.4 Å². The van der Waals surface area contributed by atoms with Crippen molar-refractivity contribution in [3.8, 4) is 0 Å². The second kappa shape index (κ2) is 6.40. The van der Waals surface area contributed by atoms with Crippen LogP contribution >= 0.6 is 0 Å². The van der Waals surface area contributed by atoms with Gasteiger partial charge in [0, 0.05) is 31.7 Å². The molecule has 0 radical (unpaired) electrons. The van der Waals surface area contributed by atoms with Gasteiger partial charge in [-0.1, -0.05) is 6.92 Å². The Kier molecular flexibility index (Phi) is 4.60. The number of hydrogen-bond acceptors (Lipinski definition) is 4. The van der Waals surface area contributed by atoms with E-state index >= 15 is 0 Å². The summed E-state index contributed by atoms with van der Waals surface area (Å²) in [5.74, 6) is 0.522. The van der Waals surface area contributed by atoms with Gasteiger partial charge in [0.25, 0.3) is 0 Å². The van der Waals surface area contributed by atoms with E-state index in [0.717, 1.165) is 12.8 Å². The van der Waals surface area contributed by atoms with Crippen LogP contribution in [0.25, 0.3) is 0 Å². The maximum atomic E-state index is 12.1. The van der Waals surface area contributed by atoms with Gasteiger partial charge in [0.05, 0.1) is 0 Å². The minimum Gasteiger partial charge on any atom is -0.382 e. The Morgan fingerprint density at radius 1 is 1.45 bits per heavy atom. The molecule has 0 aromatic carbocycles. The molecule has 1 saturated heterocycles. The molecule has 7 heteroatoms. The third-order valence-electron chi connectivity index (χ3n) is 3.49. The standard InChI is InChI=1S/C13H21N5O2/c1-2-12(19)15-10-3-6-17(7-4-10)13(20)9-18-8-5-11(14)16-18/h5,8,10H,2-4,6-7,9H2,1H3,(H2,14,16)(H,15,19). The lowest BCUT2D eigenvalue weighted by Crippen LogP contribution is -2.47. The molecule has 20 heavy (non-hydrogen) atoms. The Morgan fingerprint density at radius 2 is 2.15 bits per heavy atom. The van der Waals surface area contributed by atoms with E-state index in [0.29, 0.717) is 25.3 Å². The van der Waals surface area contributed by atoms with Crippen LogP contribution in [0.15, 0.2) is 12.3 Å². The average molecular weight is 279 g/mol. The lowest BCUT2D eigenvalue weighted by atomic mass is 10.0. The first-order valence-electron chi connectivity index (χ1n) is 6.94. The van der Waals surface area contributed by atoms with Gasteiger partial charge in [-0.3, -0.25) is 14.3 Å².